The van der Waals surface area contributed by atoms with Crippen LogP contribution in [-0.2, 0) is 0 Å². The van der Waals surface area contributed by atoms with Crippen LogP contribution in [0.15, 0.2) is 18.3 Å². The van der Waals surface area contributed by atoms with Crippen molar-refractivity contribution in [2.75, 3.05) is 6.54 Å². The molecule has 0 radical (unpaired) electrons. The highest BCUT2D eigenvalue weighted by Gasteiger charge is 2.21. The molecule has 0 bridgehead atoms. The van der Waals surface area contributed by atoms with Gasteiger partial charge < -0.3 is 5.32 Å². The van der Waals surface area contributed by atoms with E-state index in [1.165, 1.54) is 6.20 Å². The predicted octanol–water partition coefficient (Wildman–Crippen LogP) is 0.398. The molecule has 0 saturated heterocycles. The molecular weight excluding hydrogens is 168 g/mol. The number of fused-ring (bicyclic) bond motifs is 1. The van der Waals surface area contributed by atoms with E-state index < -0.39 is 0 Å². The van der Waals surface area contributed by atoms with Crippen molar-refractivity contribution in [1.82, 2.24) is 10.3 Å². The molecule has 1 aliphatic rings. The standard InChI is InChI=1S/C9H8N2O2/c12-7-3-5-11-9(13)8-6(7)2-1-4-10-8/h1-2,4H,3,5H2,(H,11,13). The highest BCUT2D eigenvalue weighted by molar-refractivity contribution is 6.08. The maximum atomic E-state index is 11.4. The summed E-state index contributed by atoms with van der Waals surface area (Å²) >= 11 is 0. The number of Topliss-reactive ketones (excluding diaryl/α,β-unsaturated/α-hetero) is 1. The van der Waals surface area contributed by atoms with Gasteiger partial charge in [-0.1, -0.05) is 0 Å². The molecule has 0 fully saturated rings. The zero-order valence-corrected chi connectivity index (χ0v) is 6.91. The van der Waals surface area contributed by atoms with Crippen LogP contribution in [0.5, 0.6) is 0 Å². The number of rotatable bonds is 0. The van der Waals surface area contributed by atoms with E-state index in [0.29, 0.717) is 18.5 Å². The van der Waals surface area contributed by atoms with Crippen molar-refractivity contribution in [2.45, 2.75) is 6.42 Å². The maximum absolute atomic E-state index is 11.4. The summed E-state index contributed by atoms with van der Waals surface area (Å²) in [5, 5.41) is 2.61. The Bertz CT molecular complexity index is 339. The van der Waals surface area contributed by atoms with Gasteiger partial charge in [0.15, 0.2) is 5.78 Å². The zero-order chi connectivity index (χ0) is 9.26. The van der Waals surface area contributed by atoms with Gasteiger partial charge in [-0.2, -0.15) is 0 Å². The molecule has 0 saturated carbocycles. The average molecular weight is 176 g/mol. The summed E-state index contributed by atoms with van der Waals surface area (Å²) in [6.07, 6.45) is 1.86. The number of carbonyl (C=O) groups excluding carboxylic acids is 2. The summed E-state index contributed by atoms with van der Waals surface area (Å²) in [7, 11) is 0. The minimum absolute atomic E-state index is 0.0264. The monoisotopic (exact) mass is 176 g/mol. The van der Waals surface area contributed by atoms with Crippen LogP contribution in [0, 0.1) is 0 Å². The van der Waals surface area contributed by atoms with Crippen LogP contribution < -0.4 is 5.32 Å². The van der Waals surface area contributed by atoms with Crippen LogP contribution in [0.4, 0.5) is 0 Å². The number of ketones is 1. The largest absolute Gasteiger partial charge is 0.350 e. The van der Waals surface area contributed by atoms with E-state index in [2.05, 4.69) is 10.3 Å². The Morgan fingerprint density at radius 1 is 1.38 bits per heavy atom. The molecule has 66 valence electrons. The second-order valence-corrected chi connectivity index (χ2v) is 2.83. The molecule has 1 aromatic heterocycles. The van der Waals surface area contributed by atoms with E-state index in [-0.39, 0.29) is 17.4 Å². The van der Waals surface area contributed by atoms with Gasteiger partial charge in [-0.25, -0.2) is 0 Å². The fourth-order valence-corrected chi connectivity index (χ4v) is 1.32. The van der Waals surface area contributed by atoms with Gasteiger partial charge in [0, 0.05) is 24.7 Å². The first-order valence-electron chi connectivity index (χ1n) is 4.05. The van der Waals surface area contributed by atoms with Gasteiger partial charge in [0.25, 0.3) is 5.91 Å². The molecule has 1 N–H and O–H groups in total. The maximum Gasteiger partial charge on any atom is 0.270 e. The van der Waals surface area contributed by atoms with E-state index in [4.69, 9.17) is 0 Å². The summed E-state index contributed by atoms with van der Waals surface area (Å²) in [6.45, 7) is 0.397. The van der Waals surface area contributed by atoms with Crippen molar-refractivity contribution < 1.29 is 9.59 Å². The van der Waals surface area contributed by atoms with Crippen molar-refractivity contribution >= 4 is 11.7 Å². The van der Waals surface area contributed by atoms with Gasteiger partial charge in [0.1, 0.15) is 5.69 Å². The third-order valence-electron chi connectivity index (χ3n) is 1.96. The van der Waals surface area contributed by atoms with Gasteiger partial charge in [-0.3, -0.25) is 14.6 Å². The van der Waals surface area contributed by atoms with E-state index in [1.807, 2.05) is 0 Å². The minimum atomic E-state index is -0.263. The third-order valence-corrected chi connectivity index (χ3v) is 1.96. The Labute approximate surface area is 75.0 Å². The number of pyridine rings is 1. The molecule has 13 heavy (non-hydrogen) atoms. The summed E-state index contributed by atoms with van der Waals surface area (Å²) in [5.74, 6) is -0.289. The van der Waals surface area contributed by atoms with Crippen molar-refractivity contribution in [1.29, 1.82) is 0 Å². The zero-order valence-electron chi connectivity index (χ0n) is 6.91. The first-order chi connectivity index (χ1) is 6.29. The Morgan fingerprint density at radius 3 is 3.08 bits per heavy atom. The number of nitrogens with one attached hydrogen (secondary N) is 1. The molecule has 0 spiro atoms. The molecule has 1 aliphatic heterocycles. The normalized spacial score (nSPS) is 16.0. The number of hydrogen-bond donors (Lipinski definition) is 1. The smallest absolute Gasteiger partial charge is 0.270 e. The van der Waals surface area contributed by atoms with E-state index in [1.54, 1.807) is 12.1 Å². The highest BCUT2D eigenvalue weighted by atomic mass is 16.2. The van der Waals surface area contributed by atoms with Crippen molar-refractivity contribution in [3.63, 3.8) is 0 Å². The second-order valence-electron chi connectivity index (χ2n) is 2.83. The van der Waals surface area contributed by atoms with Gasteiger partial charge in [0.2, 0.25) is 0 Å². The fraction of sp³-hybridized carbons (Fsp3) is 0.222. The van der Waals surface area contributed by atoms with Crippen molar-refractivity contribution in [3.8, 4) is 0 Å². The summed E-state index contributed by atoms with van der Waals surface area (Å²) in [6, 6.07) is 3.30. The molecule has 4 heteroatoms. The average Bonchev–Trinajstić information content (AvgIpc) is 2.29. The van der Waals surface area contributed by atoms with Crippen LogP contribution in [0.2, 0.25) is 0 Å². The highest BCUT2D eigenvalue weighted by Crippen LogP contribution is 2.10. The molecule has 2 heterocycles. The molecular formula is C9H8N2O2. The van der Waals surface area contributed by atoms with Gasteiger partial charge >= 0.3 is 0 Å². The van der Waals surface area contributed by atoms with E-state index in [0.717, 1.165) is 0 Å². The first kappa shape index (κ1) is 7.91. The molecule has 4 nitrogen and oxygen atoms in total. The molecule has 1 aromatic rings. The number of carbonyl (C=O) groups is 2. The topological polar surface area (TPSA) is 59.1 Å². The van der Waals surface area contributed by atoms with Gasteiger partial charge in [0.05, 0.1) is 0 Å². The van der Waals surface area contributed by atoms with Gasteiger partial charge in [-0.05, 0) is 12.1 Å². The molecule has 1 amide bonds. The summed E-state index contributed by atoms with van der Waals surface area (Å²) < 4.78 is 0. The van der Waals surface area contributed by atoms with Crippen LogP contribution in [-0.4, -0.2) is 23.2 Å². The van der Waals surface area contributed by atoms with Crippen LogP contribution >= 0.6 is 0 Å². The molecule has 2 rings (SSSR count). The number of aromatic nitrogens is 1. The number of hydrogen-bond acceptors (Lipinski definition) is 3. The van der Waals surface area contributed by atoms with Crippen molar-refractivity contribution in [2.24, 2.45) is 0 Å². The molecule has 0 unspecified atom stereocenters. The second kappa shape index (κ2) is 2.97. The van der Waals surface area contributed by atoms with Crippen LogP contribution in [0.3, 0.4) is 0 Å². The lowest BCUT2D eigenvalue weighted by atomic mass is 10.1. The molecule has 0 aliphatic carbocycles. The SMILES string of the molecule is O=C1CCNC(=O)c2ncccc21. The van der Waals surface area contributed by atoms with E-state index in [9.17, 15) is 9.59 Å². The number of amides is 1. The Kier molecular flexibility index (Phi) is 1.81. The van der Waals surface area contributed by atoms with Crippen LogP contribution in [0.1, 0.15) is 27.3 Å². The lowest BCUT2D eigenvalue weighted by Crippen LogP contribution is -2.23. The minimum Gasteiger partial charge on any atom is -0.350 e. The lowest BCUT2D eigenvalue weighted by molar-refractivity contribution is 0.0951. The van der Waals surface area contributed by atoms with Crippen molar-refractivity contribution in [3.05, 3.63) is 29.6 Å². The number of nitrogens with zero attached hydrogens (tertiary/aromatic N) is 1. The Morgan fingerprint density at radius 2 is 2.23 bits per heavy atom. The first-order valence-corrected chi connectivity index (χ1v) is 4.05. The lowest BCUT2D eigenvalue weighted by Gasteiger charge is -1.99. The molecule has 0 aromatic carbocycles. The Hall–Kier alpha value is -1.71. The summed E-state index contributed by atoms with van der Waals surface area (Å²) in [4.78, 5) is 26.6. The van der Waals surface area contributed by atoms with Gasteiger partial charge in [-0.15, -0.1) is 0 Å². The van der Waals surface area contributed by atoms with E-state index >= 15 is 0 Å². The van der Waals surface area contributed by atoms with Crippen LogP contribution in [0.25, 0.3) is 0 Å². The molecule has 0 atom stereocenters. The predicted molar refractivity (Wildman–Crippen MR) is 45.5 cm³/mol. The fourth-order valence-electron chi connectivity index (χ4n) is 1.32. The Balaban J connectivity index is 2.57. The quantitative estimate of drug-likeness (QED) is 0.622. The third kappa shape index (κ3) is 1.30. The summed E-state index contributed by atoms with van der Waals surface area (Å²) in [5.41, 5.74) is 0.669.